The molecule has 0 spiro atoms. The molecule has 0 aromatic carbocycles. The van der Waals surface area contributed by atoms with Crippen molar-refractivity contribution >= 4 is 26.8 Å². The lowest BCUT2D eigenvalue weighted by atomic mass is 10.5. The monoisotopic (exact) mass is 191 g/mol. The Labute approximate surface area is 73.3 Å². The van der Waals surface area contributed by atoms with Crippen LogP contribution in [0, 0.1) is 0 Å². The number of amides is 1. The van der Waals surface area contributed by atoms with Crippen molar-refractivity contribution in [1.82, 2.24) is 5.32 Å². The van der Waals surface area contributed by atoms with E-state index in [-0.39, 0.29) is 11.3 Å². The van der Waals surface area contributed by atoms with E-state index in [0.29, 0.717) is 0 Å². The maximum Gasteiger partial charge on any atom is 0.294 e. The molecular formula is C6H9NO2S2. The van der Waals surface area contributed by atoms with E-state index in [1.54, 1.807) is 6.20 Å². The van der Waals surface area contributed by atoms with E-state index >= 15 is 0 Å². The second-order valence-electron chi connectivity index (χ2n) is 2.23. The highest BCUT2D eigenvalue weighted by atomic mass is 33.1. The molecule has 1 amide bonds. The van der Waals surface area contributed by atoms with Gasteiger partial charge in [-0.25, -0.2) is 0 Å². The van der Waals surface area contributed by atoms with Gasteiger partial charge in [-0.05, 0) is 24.6 Å². The lowest BCUT2D eigenvalue weighted by molar-refractivity contribution is 0.169. The van der Waals surface area contributed by atoms with Crippen molar-refractivity contribution in [2.75, 3.05) is 0 Å². The fourth-order valence-corrected chi connectivity index (χ4v) is 2.01. The number of hydrogen-bond donors (Lipinski definition) is 1. The summed E-state index contributed by atoms with van der Waals surface area (Å²) >= 11 is 0. The van der Waals surface area contributed by atoms with Gasteiger partial charge < -0.3 is 10.1 Å². The van der Waals surface area contributed by atoms with Crippen LogP contribution in [-0.2, 0) is 4.74 Å². The summed E-state index contributed by atoms with van der Waals surface area (Å²) < 4.78 is 5.33. The topological polar surface area (TPSA) is 38.3 Å². The lowest BCUT2D eigenvalue weighted by Crippen LogP contribution is -2.15. The van der Waals surface area contributed by atoms with E-state index in [1.165, 1.54) is 10.8 Å². The Morgan fingerprint density at radius 1 is 1.55 bits per heavy atom. The molecule has 0 bridgehead atoms. The van der Waals surface area contributed by atoms with Crippen LogP contribution < -0.4 is 5.32 Å². The maximum absolute atomic E-state index is 10.6. The highest BCUT2D eigenvalue weighted by Gasteiger charge is 2.12. The number of carbonyl (C=O) groups excluding carboxylic acids is 1. The zero-order chi connectivity index (χ0) is 8.27. The van der Waals surface area contributed by atoms with E-state index in [1.807, 2.05) is 13.8 Å². The number of rotatable bonds is 2. The van der Waals surface area contributed by atoms with Crippen LogP contribution in [0.1, 0.15) is 13.8 Å². The van der Waals surface area contributed by atoms with Gasteiger partial charge >= 0.3 is 0 Å². The normalized spacial score (nSPS) is 17.7. The molecule has 1 heterocycles. The minimum absolute atomic E-state index is 0.0499. The summed E-state index contributed by atoms with van der Waals surface area (Å²) in [6, 6.07) is 0. The molecule has 0 fully saturated rings. The fourth-order valence-electron chi connectivity index (χ4n) is 0.531. The second kappa shape index (κ2) is 3.92. The van der Waals surface area contributed by atoms with Crippen LogP contribution in [0.2, 0.25) is 0 Å². The van der Waals surface area contributed by atoms with Crippen molar-refractivity contribution in [3.8, 4) is 0 Å². The Kier molecular flexibility index (Phi) is 3.14. The third kappa shape index (κ3) is 3.07. The first-order chi connectivity index (χ1) is 5.18. The van der Waals surface area contributed by atoms with Gasteiger partial charge in [-0.2, -0.15) is 0 Å². The molecule has 62 valence electrons. The number of carbonyl (C=O) groups is 1. The SMILES string of the molecule is CC(C)OC1=CNC(=O)SS1. The summed E-state index contributed by atoms with van der Waals surface area (Å²) in [6.45, 7) is 3.89. The van der Waals surface area contributed by atoms with Crippen LogP contribution in [0.15, 0.2) is 11.3 Å². The molecule has 5 heteroatoms. The molecule has 0 saturated carbocycles. The van der Waals surface area contributed by atoms with Gasteiger partial charge in [0.15, 0.2) is 5.09 Å². The zero-order valence-electron chi connectivity index (χ0n) is 6.29. The van der Waals surface area contributed by atoms with Crippen LogP contribution in [0.4, 0.5) is 4.79 Å². The van der Waals surface area contributed by atoms with Crippen LogP contribution in [0.3, 0.4) is 0 Å². The Bertz CT molecular complexity index is 191. The first-order valence-electron chi connectivity index (χ1n) is 3.20. The molecule has 0 aromatic heterocycles. The summed E-state index contributed by atoms with van der Waals surface area (Å²) in [4.78, 5) is 10.6. The molecule has 0 aliphatic carbocycles. The van der Waals surface area contributed by atoms with Crippen molar-refractivity contribution in [3.63, 3.8) is 0 Å². The highest BCUT2D eigenvalue weighted by Crippen LogP contribution is 2.34. The maximum atomic E-state index is 10.6. The molecule has 1 rings (SSSR count). The lowest BCUT2D eigenvalue weighted by Gasteiger charge is -2.14. The van der Waals surface area contributed by atoms with Gasteiger partial charge in [0.2, 0.25) is 0 Å². The molecule has 11 heavy (non-hydrogen) atoms. The van der Waals surface area contributed by atoms with Crippen LogP contribution in [0.5, 0.6) is 0 Å². The van der Waals surface area contributed by atoms with Crippen molar-refractivity contribution in [3.05, 3.63) is 11.3 Å². The van der Waals surface area contributed by atoms with E-state index < -0.39 is 0 Å². The number of ether oxygens (including phenoxy) is 1. The molecule has 0 aromatic rings. The van der Waals surface area contributed by atoms with E-state index in [9.17, 15) is 4.79 Å². The number of nitrogens with one attached hydrogen (secondary N) is 1. The average molecular weight is 191 g/mol. The van der Waals surface area contributed by atoms with E-state index in [0.717, 1.165) is 15.9 Å². The molecule has 0 radical (unpaired) electrons. The largest absolute Gasteiger partial charge is 0.482 e. The van der Waals surface area contributed by atoms with Gasteiger partial charge in [0.25, 0.3) is 5.24 Å². The van der Waals surface area contributed by atoms with Gasteiger partial charge in [0, 0.05) is 10.8 Å². The summed E-state index contributed by atoms with van der Waals surface area (Å²) in [5.41, 5.74) is 0. The Balaban J connectivity index is 2.41. The molecular weight excluding hydrogens is 182 g/mol. The first kappa shape index (κ1) is 8.80. The third-order valence-corrected chi connectivity index (χ3v) is 2.79. The third-order valence-electron chi connectivity index (χ3n) is 0.859. The zero-order valence-corrected chi connectivity index (χ0v) is 7.92. The van der Waals surface area contributed by atoms with Gasteiger partial charge in [0.1, 0.15) is 0 Å². The summed E-state index contributed by atoms with van der Waals surface area (Å²) in [7, 11) is 2.48. The van der Waals surface area contributed by atoms with Crippen molar-refractivity contribution in [2.24, 2.45) is 0 Å². The highest BCUT2D eigenvalue weighted by molar-refractivity contribution is 8.83. The van der Waals surface area contributed by atoms with Crippen LogP contribution in [-0.4, -0.2) is 11.3 Å². The predicted octanol–water partition coefficient (Wildman–Crippen LogP) is 2.31. The molecule has 3 nitrogen and oxygen atoms in total. The Morgan fingerprint density at radius 2 is 2.27 bits per heavy atom. The molecule has 0 atom stereocenters. The molecule has 1 N–H and O–H groups in total. The average Bonchev–Trinajstić information content (AvgIpc) is 1.93. The summed E-state index contributed by atoms with van der Waals surface area (Å²) in [5.74, 6) is 0. The number of hydrogen-bond acceptors (Lipinski definition) is 4. The Morgan fingerprint density at radius 3 is 2.73 bits per heavy atom. The van der Waals surface area contributed by atoms with Gasteiger partial charge in [-0.1, -0.05) is 0 Å². The Hall–Kier alpha value is -0.290. The van der Waals surface area contributed by atoms with Crippen molar-refractivity contribution < 1.29 is 9.53 Å². The molecule has 1 aliphatic rings. The van der Waals surface area contributed by atoms with Crippen molar-refractivity contribution in [2.45, 2.75) is 20.0 Å². The van der Waals surface area contributed by atoms with E-state index in [4.69, 9.17) is 4.74 Å². The van der Waals surface area contributed by atoms with Crippen LogP contribution in [0.25, 0.3) is 0 Å². The molecule has 0 saturated heterocycles. The van der Waals surface area contributed by atoms with Gasteiger partial charge in [-0.15, -0.1) is 0 Å². The van der Waals surface area contributed by atoms with E-state index in [2.05, 4.69) is 5.32 Å². The standard InChI is InChI=1S/C6H9NO2S2/c1-4(2)9-5-3-7-6(8)11-10-5/h3-4H,1-2H3,(H,7,8). The quantitative estimate of drug-likeness (QED) is 0.680. The smallest absolute Gasteiger partial charge is 0.294 e. The summed E-state index contributed by atoms with van der Waals surface area (Å²) in [6.07, 6.45) is 1.74. The first-order valence-corrected chi connectivity index (χ1v) is 5.35. The predicted molar refractivity (Wildman–Crippen MR) is 48.0 cm³/mol. The van der Waals surface area contributed by atoms with Crippen LogP contribution >= 0.6 is 21.6 Å². The van der Waals surface area contributed by atoms with Crippen molar-refractivity contribution in [1.29, 1.82) is 0 Å². The minimum atomic E-state index is -0.0499. The summed E-state index contributed by atoms with van der Waals surface area (Å²) in [5, 5.41) is 3.26. The minimum Gasteiger partial charge on any atom is -0.482 e. The van der Waals surface area contributed by atoms with Gasteiger partial charge in [0.05, 0.1) is 12.3 Å². The van der Waals surface area contributed by atoms with Gasteiger partial charge in [-0.3, -0.25) is 4.79 Å². The fraction of sp³-hybridized carbons (Fsp3) is 0.500. The molecule has 1 aliphatic heterocycles. The second-order valence-corrected chi connectivity index (χ2v) is 4.33. The molecule has 0 unspecified atom stereocenters.